The highest BCUT2D eigenvalue weighted by atomic mass is 16.5. The van der Waals surface area contributed by atoms with Crippen molar-refractivity contribution in [3.63, 3.8) is 0 Å². The average molecular weight is 166 g/mol. The van der Waals surface area contributed by atoms with E-state index >= 15 is 0 Å². The highest BCUT2D eigenvalue weighted by Crippen LogP contribution is 2.58. The predicted octanol–water partition coefficient (Wildman–Crippen LogP) is 1.06. The van der Waals surface area contributed by atoms with Crippen LogP contribution in [0.15, 0.2) is 0 Å². The summed E-state index contributed by atoms with van der Waals surface area (Å²) in [5, 5.41) is 0. The predicted molar refractivity (Wildman–Crippen MR) is 42.7 cm³/mol. The van der Waals surface area contributed by atoms with Crippen molar-refractivity contribution in [1.29, 1.82) is 0 Å². The van der Waals surface area contributed by atoms with Crippen LogP contribution in [0.5, 0.6) is 0 Å². The molecule has 4 aliphatic rings. The van der Waals surface area contributed by atoms with Crippen molar-refractivity contribution >= 4 is 0 Å². The molecule has 2 nitrogen and oxygen atoms in total. The SMILES string of the molecule is C1O[C@H]2C[C@H]3OCC4CC1C2C43. The monoisotopic (exact) mass is 166 g/mol. The Morgan fingerprint density at radius 1 is 0.750 bits per heavy atom. The Kier molecular flexibility index (Phi) is 0.999. The Morgan fingerprint density at radius 2 is 1.33 bits per heavy atom. The van der Waals surface area contributed by atoms with E-state index in [9.17, 15) is 0 Å². The first-order valence-corrected chi connectivity index (χ1v) is 5.16. The summed E-state index contributed by atoms with van der Waals surface area (Å²) in [6.07, 6.45) is 3.75. The average Bonchev–Trinajstić information content (AvgIpc) is 2.71. The van der Waals surface area contributed by atoms with Gasteiger partial charge >= 0.3 is 0 Å². The summed E-state index contributed by atoms with van der Waals surface area (Å²) in [7, 11) is 0. The molecule has 4 unspecified atom stereocenters. The molecule has 0 N–H and O–H groups in total. The van der Waals surface area contributed by atoms with Gasteiger partial charge < -0.3 is 9.47 Å². The van der Waals surface area contributed by atoms with E-state index in [1.54, 1.807) is 0 Å². The van der Waals surface area contributed by atoms with Crippen LogP contribution >= 0.6 is 0 Å². The van der Waals surface area contributed by atoms with Gasteiger partial charge in [0.15, 0.2) is 0 Å². The molecule has 2 saturated carbocycles. The summed E-state index contributed by atoms with van der Waals surface area (Å²) in [5.41, 5.74) is 0. The molecule has 12 heavy (non-hydrogen) atoms. The first kappa shape index (κ1) is 6.39. The van der Waals surface area contributed by atoms with Crippen molar-refractivity contribution in [2.75, 3.05) is 13.2 Å². The van der Waals surface area contributed by atoms with E-state index in [1.807, 2.05) is 0 Å². The first-order valence-electron chi connectivity index (χ1n) is 5.16. The lowest BCUT2D eigenvalue weighted by Gasteiger charge is -2.12. The minimum Gasteiger partial charge on any atom is -0.378 e. The Balaban J connectivity index is 1.80. The van der Waals surface area contributed by atoms with Crippen LogP contribution in [0.2, 0.25) is 0 Å². The molecular weight excluding hydrogens is 152 g/mol. The topological polar surface area (TPSA) is 18.5 Å². The Morgan fingerprint density at radius 3 is 1.92 bits per heavy atom. The maximum Gasteiger partial charge on any atom is 0.0635 e. The van der Waals surface area contributed by atoms with Gasteiger partial charge in [-0.3, -0.25) is 0 Å². The zero-order valence-corrected chi connectivity index (χ0v) is 7.11. The van der Waals surface area contributed by atoms with Crippen LogP contribution < -0.4 is 0 Å². The third kappa shape index (κ3) is 0.549. The number of hydrogen-bond acceptors (Lipinski definition) is 2. The second-order valence-electron chi connectivity index (χ2n) is 4.89. The molecule has 2 heteroatoms. The smallest absolute Gasteiger partial charge is 0.0635 e. The normalized spacial score (nSPS) is 66.0. The Bertz CT molecular complexity index is 184. The van der Waals surface area contributed by atoms with E-state index in [4.69, 9.17) is 9.47 Å². The van der Waals surface area contributed by atoms with Gasteiger partial charge in [0.25, 0.3) is 0 Å². The van der Waals surface area contributed by atoms with Gasteiger partial charge in [0, 0.05) is 6.42 Å². The van der Waals surface area contributed by atoms with E-state index in [0.717, 1.165) is 36.9 Å². The van der Waals surface area contributed by atoms with E-state index < -0.39 is 0 Å². The molecule has 4 rings (SSSR count). The molecular formula is C10H14O2. The molecule has 66 valence electrons. The van der Waals surface area contributed by atoms with Gasteiger partial charge in [0.1, 0.15) is 0 Å². The van der Waals surface area contributed by atoms with Gasteiger partial charge in [0.05, 0.1) is 25.4 Å². The summed E-state index contributed by atoms with van der Waals surface area (Å²) in [5.74, 6) is 3.59. The third-order valence-corrected chi connectivity index (χ3v) is 4.51. The Hall–Kier alpha value is -0.0800. The molecule has 0 amide bonds. The lowest BCUT2D eigenvalue weighted by Crippen LogP contribution is -2.16. The zero-order chi connectivity index (χ0) is 7.71. The minimum absolute atomic E-state index is 0.579. The van der Waals surface area contributed by atoms with E-state index in [1.165, 1.54) is 12.8 Å². The van der Waals surface area contributed by atoms with E-state index in [2.05, 4.69) is 0 Å². The van der Waals surface area contributed by atoms with Crippen LogP contribution in [0.4, 0.5) is 0 Å². The largest absolute Gasteiger partial charge is 0.378 e. The van der Waals surface area contributed by atoms with Crippen LogP contribution in [0, 0.1) is 23.7 Å². The molecule has 2 aliphatic heterocycles. The van der Waals surface area contributed by atoms with Crippen LogP contribution in [0.25, 0.3) is 0 Å². The van der Waals surface area contributed by atoms with Crippen molar-refractivity contribution in [1.82, 2.24) is 0 Å². The van der Waals surface area contributed by atoms with E-state index in [-0.39, 0.29) is 0 Å². The molecule has 0 aromatic heterocycles. The first-order chi connectivity index (χ1) is 5.93. The molecule has 2 saturated heterocycles. The summed E-state index contributed by atoms with van der Waals surface area (Å²) in [4.78, 5) is 0. The lowest BCUT2D eigenvalue weighted by atomic mass is 9.91. The number of ether oxygens (including phenoxy) is 2. The molecule has 0 radical (unpaired) electrons. The van der Waals surface area contributed by atoms with Gasteiger partial charge in [-0.05, 0) is 30.1 Å². The van der Waals surface area contributed by atoms with Crippen LogP contribution in [-0.4, -0.2) is 25.4 Å². The van der Waals surface area contributed by atoms with Crippen molar-refractivity contribution < 1.29 is 9.47 Å². The minimum atomic E-state index is 0.579. The zero-order valence-electron chi connectivity index (χ0n) is 7.11. The van der Waals surface area contributed by atoms with Crippen molar-refractivity contribution in [3.05, 3.63) is 0 Å². The van der Waals surface area contributed by atoms with Crippen molar-refractivity contribution in [2.45, 2.75) is 25.0 Å². The van der Waals surface area contributed by atoms with Gasteiger partial charge in [-0.15, -0.1) is 0 Å². The van der Waals surface area contributed by atoms with Crippen LogP contribution in [0.1, 0.15) is 12.8 Å². The molecule has 6 atom stereocenters. The maximum absolute atomic E-state index is 5.78. The maximum atomic E-state index is 5.78. The van der Waals surface area contributed by atoms with Gasteiger partial charge in [-0.1, -0.05) is 0 Å². The highest BCUT2D eigenvalue weighted by molar-refractivity contribution is 5.09. The Labute approximate surface area is 72.2 Å². The standard InChI is InChI=1S/C10H14O2/c1-5-3-11-7-2-8-10(9(5)7)6(1)4-12-8/h5-10H,1-4H2/t5?,6?,7-,8+,9?,10?. The molecule has 0 aromatic carbocycles. The van der Waals surface area contributed by atoms with Crippen molar-refractivity contribution in [3.8, 4) is 0 Å². The molecule has 0 bridgehead atoms. The van der Waals surface area contributed by atoms with Crippen molar-refractivity contribution in [2.24, 2.45) is 23.7 Å². The molecule has 0 aromatic rings. The van der Waals surface area contributed by atoms with Crippen LogP contribution in [0.3, 0.4) is 0 Å². The lowest BCUT2D eigenvalue weighted by molar-refractivity contribution is 0.0447. The second kappa shape index (κ2) is 1.88. The number of hydrogen-bond donors (Lipinski definition) is 0. The van der Waals surface area contributed by atoms with Gasteiger partial charge in [0.2, 0.25) is 0 Å². The van der Waals surface area contributed by atoms with E-state index in [0.29, 0.717) is 12.2 Å². The summed E-state index contributed by atoms with van der Waals surface area (Å²) in [6, 6.07) is 0. The fourth-order valence-electron chi connectivity index (χ4n) is 4.19. The number of rotatable bonds is 0. The second-order valence-corrected chi connectivity index (χ2v) is 4.89. The highest BCUT2D eigenvalue weighted by Gasteiger charge is 2.61. The van der Waals surface area contributed by atoms with Gasteiger partial charge in [-0.25, -0.2) is 0 Å². The van der Waals surface area contributed by atoms with Crippen LogP contribution in [-0.2, 0) is 9.47 Å². The third-order valence-electron chi connectivity index (χ3n) is 4.51. The molecule has 4 fully saturated rings. The summed E-state index contributed by atoms with van der Waals surface area (Å²) in [6.45, 7) is 2.10. The molecule has 2 aliphatic carbocycles. The summed E-state index contributed by atoms with van der Waals surface area (Å²) < 4.78 is 11.6. The van der Waals surface area contributed by atoms with Gasteiger partial charge in [-0.2, -0.15) is 0 Å². The summed E-state index contributed by atoms with van der Waals surface area (Å²) >= 11 is 0. The molecule has 2 heterocycles. The quantitative estimate of drug-likeness (QED) is 0.535. The fourth-order valence-corrected chi connectivity index (χ4v) is 4.19. The molecule has 0 spiro atoms. The fraction of sp³-hybridized carbons (Fsp3) is 1.00.